The van der Waals surface area contributed by atoms with Crippen LogP contribution in [0.15, 0.2) is 115 Å². The van der Waals surface area contributed by atoms with E-state index in [0.29, 0.717) is 5.02 Å². The van der Waals surface area contributed by atoms with Crippen molar-refractivity contribution in [3.63, 3.8) is 0 Å². The minimum atomic E-state index is -0.430. The van der Waals surface area contributed by atoms with E-state index in [1.165, 1.54) is 33.4 Å². The Balaban J connectivity index is 1.52. The van der Waals surface area contributed by atoms with Gasteiger partial charge < -0.3 is 10.1 Å². The molecule has 0 amide bonds. The first kappa shape index (κ1) is 19.5. The third kappa shape index (κ3) is 2.57. The molecule has 34 heavy (non-hydrogen) atoms. The Kier molecular flexibility index (Phi) is 4.15. The lowest BCUT2D eigenvalue weighted by molar-refractivity contribution is 0.436. The molecule has 2 aliphatic rings. The molecule has 3 heteroatoms. The summed E-state index contributed by atoms with van der Waals surface area (Å²) >= 11 is 6.43. The maximum Gasteiger partial charge on any atom is 0.132 e. The summed E-state index contributed by atoms with van der Waals surface area (Å²) in [6, 6.07) is 40.0. The van der Waals surface area contributed by atoms with E-state index >= 15 is 0 Å². The Bertz CT molecular complexity index is 1540. The van der Waals surface area contributed by atoms with Crippen LogP contribution in [0.2, 0.25) is 5.02 Å². The number of fused-ring (bicyclic) bond motifs is 9. The van der Waals surface area contributed by atoms with Crippen LogP contribution in [0.25, 0.3) is 11.1 Å². The molecule has 1 aliphatic heterocycles. The number of nitrogens with one attached hydrogen (secondary N) is 1. The van der Waals surface area contributed by atoms with Gasteiger partial charge in [0.25, 0.3) is 0 Å². The van der Waals surface area contributed by atoms with Crippen molar-refractivity contribution in [3.05, 3.63) is 143 Å². The lowest BCUT2D eigenvalue weighted by atomic mass is 9.66. The zero-order valence-corrected chi connectivity index (χ0v) is 19.0. The Morgan fingerprint density at radius 3 is 1.88 bits per heavy atom. The molecule has 0 saturated heterocycles. The second-order valence-corrected chi connectivity index (χ2v) is 9.16. The molecule has 0 bridgehead atoms. The Morgan fingerprint density at radius 1 is 0.559 bits per heavy atom. The SMILES string of the molecule is Clc1ccccc1Nc1ccc2c(c1)-c1ccccc1C21c2ccccc2Oc2ccccc21. The molecule has 0 unspecified atom stereocenters. The van der Waals surface area contributed by atoms with Crippen LogP contribution in [0.1, 0.15) is 22.3 Å². The normalized spacial score (nSPS) is 13.9. The van der Waals surface area contributed by atoms with E-state index < -0.39 is 5.41 Å². The van der Waals surface area contributed by atoms with E-state index in [4.69, 9.17) is 16.3 Å². The minimum Gasteiger partial charge on any atom is -0.457 e. The zero-order chi connectivity index (χ0) is 22.7. The highest BCUT2D eigenvalue weighted by atomic mass is 35.5. The molecular formula is C31H20ClNO. The van der Waals surface area contributed by atoms with Crippen LogP contribution in [0.5, 0.6) is 11.5 Å². The van der Waals surface area contributed by atoms with Crippen molar-refractivity contribution in [2.75, 3.05) is 5.32 Å². The fraction of sp³-hybridized carbons (Fsp3) is 0.0323. The molecule has 5 aromatic carbocycles. The van der Waals surface area contributed by atoms with Gasteiger partial charge in [-0.3, -0.25) is 0 Å². The average Bonchev–Trinajstić information content (AvgIpc) is 3.16. The topological polar surface area (TPSA) is 21.3 Å². The fourth-order valence-corrected chi connectivity index (χ4v) is 5.84. The molecule has 0 radical (unpaired) electrons. The largest absolute Gasteiger partial charge is 0.457 e. The predicted molar refractivity (Wildman–Crippen MR) is 139 cm³/mol. The number of halogens is 1. The summed E-state index contributed by atoms with van der Waals surface area (Å²) in [7, 11) is 0. The molecule has 1 N–H and O–H groups in total. The van der Waals surface area contributed by atoms with Crippen molar-refractivity contribution in [3.8, 4) is 22.6 Å². The second kappa shape index (κ2) is 7.24. The number of para-hydroxylation sites is 3. The fourth-order valence-electron chi connectivity index (χ4n) is 5.65. The quantitative estimate of drug-likeness (QED) is 0.281. The number of hydrogen-bond donors (Lipinski definition) is 1. The molecular weight excluding hydrogens is 438 g/mol. The third-order valence-corrected chi connectivity index (χ3v) is 7.33. The summed E-state index contributed by atoms with van der Waals surface area (Å²) in [6.07, 6.45) is 0. The van der Waals surface area contributed by atoms with Gasteiger partial charge in [-0.05, 0) is 58.7 Å². The van der Waals surface area contributed by atoms with E-state index in [1.807, 2.05) is 36.4 Å². The molecule has 1 spiro atoms. The first-order valence-electron chi connectivity index (χ1n) is 11.4. The van der Waals surface area contributed by atoms with Crippen molar-refractivity contribution >= 4 is 23.0 Å². The highest BCUT2D eigenvalue weighted by Crippen LogP contribution is 2.62. The monoisotopic (exact) mass is 457 g/mol. The number of anilines is 2. The van der Waals surface area contributed by atoms with Gasteiger partial charge in [0.2, 0.25) is 0 Å². The van der Waals surface area contributed by atoms with E-state index in [9.17, 15) is 0 Å². The highest BCUT2D eigenvalue weighted by molar-refractivity contribution is 6.33. The highest BCUT2D eigenvalue weighted by Gasteiger charge is 2.50. The van der Waals surface area contributed by atoms with Crippen molar-refractivity contribution in [1.82, 2.24) is 0 Å². The van der Waals surface area contributed by atoms with Crippen LogP contribution in [0, 0.1) is 0 Å². The van der Waals surface area contributed by atoms with Gasteiger partial charge >= 0.3 is 0 Å². The molecule has 5 aromatic rings. The van der Waals surface area contributed by atoms with E-state index in [2.05, 4.69) is 84.2 Å². The minimum absolute atomic E-state index is 0.430. The molecule has 0 aromatic heterocycles. The Morgan fingerprint density at radius 2 is 1.15 bits per heavy atom. The van der Waals surface area contributed by atoms with Crippen molar-refractivity contribution in [2.24, 2.45) is 0 Å². The van der Waals surface area contributed by atoms with Crippen LogP contribution in [-0.4, -0.2) is 0 Å². The van der Waals surface area contributed by atoms with Gasteiger partial charge in [-0.2, -0.15) is 0 Å². The first-order chi connectivity index (χ1) is 16.8. The van der Waals surface area contributed by atoms with Crippen LogP contribution >= 0.6 is 11.6 Å². The van der Waals surface area contributed by atoms with Gasteiger partial charge in [0, 0.05) is 16.8 Å². The smallest absolute Gasteiger partial charge is 0.132 e. The summed E-state index contributed by atoms with van der Waals surface area (Å²) in [5.74, 6) is 1.81. The summed E-state index contributed by atoms with van der Waals surface area (Å²) in [4.78, 5) is 0. The van der Waals surface area contributed by atoms with Crippen LogP contribution in [0.3, 0.4) is 0 Å². The van der Waals surface area contributed by atoms with E-state index in [1.54, 1.807) is 0 Å². The second-order valence-electron chi connectivity index (χ2n) is 8.76. The first-order valence-corrected chi connectivity index (χ1v) is 11.8. The van der Waals surface area contributed by atoms with Gasteiger partial charge in [0.1, 0.15) is 11.5 Å². The molecule has 1 heterocycles. The van der Waals surface area contributed by atoms with Crippen LogP contribution in [-0.2, 0) is 5.41 Å². The summed E-state index contributed by atoms with van der Waals surface area (Å²) in [5.41, 5.74) is 8.83. The van der Waals surface area contributed by atoms with Gasteiger partial charge in [0.05, 0.1) is 16.1 Å². The molecule has 0 fully saturated rings. The van der Waals surface area contributed by atoms with Gasteiger partial charge in [-0.25, -0.2) is 0 Å². The number of benzene rings is 5. The Labute approximate surface area is 203 Å². The van der Waals surface area contributed by atoms with Crippen molar-refractivity contribution in [2.45, 2.75) is 5.41 Å². The number of hydrogen-bond acceptors (Lipinski definition) is 2. The maximum absolute atomic E-state index is 6.43. The predicted octanol–water partition coefficient (Wildman–Crippen LogP) is 8.55. The standard InChI is InChI=1S/C31H20ClNO/c32-27-13-5-6-14-28(27)33-20-17-18-24-22(19-20)21-9-1-2-10-23(21)31(24)25-11-3-7-15-29(25)34-30-16-8-4-12-26(30)31/h1-19,33H. The molecule has 0 atom stereocenters. The van der Waals surface area contributed by atoms with Gasteiger partial charge in [-0.1, -0.05) is 90.5 Å². The lowest BCUT2D eigenvalue weighted by Gasteiger charge is -2.39. The zero-order valence-electron chi connectivity index (χ0n) is 18.3. The lowest BCUT2D eigenvalue weighted by Crippen LogP contribution is -2.32. The van der Waals surface area contributed by atoms with Crippen molar-refractivity contribution in [1.29, 1.82) is 0 Å². The maximum atomic E-state index is 6.43. The summed E-state index contributed by atoms with van der Waals surface area (Å²) in [6.45, 7) is 0. The molecule has 2 nitrogen and oxygen atoms in total. The van der Waals surface area contributed by atoms with E-state index in [-0.39, 0.29) is 0 Å². The summed E-state index contributed by atoms with van der Waals surface area (Å²) in [5, 5.41) is 4.21. The number of ether oxygens (including phenoxy) is 1. The number of rotatable bonds is 2. The average molecular weight is 458 g/mol. The van der Waals surface area contributed by atoms with Gasteiger partial charge in [-0.15, -0.1) is 0 Å². The molecule has 0 saturated carbocycles. The molecule has 7 rings (SSSR count). The van der Waals surface area contributed by atoms with Crippen LogP contribution < -0.4 is 10.1 Å². The van der Waals surface area contributed by atoms with Crippen LogP contribution in [0.4, 0.5) is 11.4 Å². The van der Waals surface area contributed by atoms with Crippen molar-refractivity contribution < 1.29 is 4.74 Å². The third-order valence-electron chi connectivity index (χ3n) is 7.00. The Hall–Kier alpha value is -4.01. The molecule has 162 valence electrons. The summed E-state index contributed by atoms with van der Waals surface area (Å²) < 4.78 is 6.38. The van der Waals surface area contributed by atoms with E-state index in [0.717, 1.165) is 22.9 Å². The molecule has 1 aliphatic carbocycles. The van der Waals surface area contributed by atoms with Gasteiger partial charge in [0.15, 0.2) is 0 Å².